The van der Waals surface area contributed by atoms with Crippen molar-refractivity contribution in [3.63, 3.8) is 0 Å². The number of halogens is 7. The molecular weight excluding hydrogens is 856 g/mol. The molecule has 9 rings (SSSR count). The number of aryl methyl sites for hydroxylation is 1. The van der Waals surface area contributed by atoms with Crippen LogP contribution < -0.4 is 15.6 Å². The lowest BCUT2D eigenvalue weighted by Gasteiger charge is -2.24. The van der Waals surface area contributed by atoms with E-state index in [0.29, 0.717) is 10.7 Å². The number of hydrogen-bond donors (Lipinski definition) is 2. The first-order valence-electron chi connectivity index (χ1n) is 18.3. The van der Waals surface area contributed by atoms with Gasteiger partial charge >= 0.3 is 0 Å². The third-order valence-electron chi connectivity index (χ3n) is 10.5. The van der Waals surface area contributed by atoms with Crippen LogP contribution in [0.25, 0.3) is 39.1 Å². The maximum atomic E-state index is 15.5. The summed E-state index contributed by atoms with van der Waals surface area (Å²) >= 11 is 6.60. The van der Waals surface area contributed by atoms with E-state index in [9.17, 15) is 35.6 Å². The number of amides is 1. The van der Waals surface area contributed by atoms with Gasteiger partial charge in [-0.05, 0) is 60.4 Å². The van der Waals surface area contributed by atoms with Crippen molar-refractivity contribution in [1.82, 2.24) is 49.4 Å². The molecule has 5 heterocycles. The average Bonchev–Trinajstić information content (AvgIpc) is 3.73. The van der Waals surface area contributed by atoms with Crippen molar-refractivity contribution in [3.8, 4) is 17.2 Å². The molecule has 2 aliphatic carbocycles. The van der Waals surface area contributed by atoms with Gasteiger partial charge in [0.1, 0.15) is 41.1 Å². The zero-order valence-corrected chi connectivity index (χ0v) is 33.0. The molecule has 0 spiro atoms. The summed E-state index contributed by atoms with van der Waals surface area (Å²) in [5, 5.41) is 10.6. The molecule has 1 saturated carbocycles. The number of nitrogens with one attached hydrogen (secondary N) is 2. The minimum atomic E-state index is -3.92. The highest BCUT2D eigenvalue weighted by molar-refractivity contribution is 7.92. The zero-order chi connectivity index (χ0) is 43.3. The van der Waals surface area contributed by atoms with Crippen LogP contribution >= 0.6 is 11.6 Å². The molecule has 0 unspecified atom stereocenters. The van der Waals surface area contributed by atoms with E-state index in [1.165, 1.54) is 48.4 Å². The largest absolute Gasteiger partial charge is 0.344 e. The molecule has 61 heavy (non-hydrogen) atoms. The second-order valence-corrected chi connectivity index (χ2v) is 16.8. The second kappa shape index (κ2) is 14.4. The van der Waals surface area contributed by atoms with Crippen molar-refractivity contribution in [2.45, 2.75) is 43.7 Å². The van der Waals surface area contributed by atoms with Crippen LogP contribution in [0.1, 0.15) is 53.1 Å². The lowest BCUT2D eigenvalue weighted by molar-refractivity contribution is -0.123. The molecular formula is C38H28ClF6N11O4S. The molecule has 1 amide bonds. The SMILES string of the molecule is Cn1nc(NS(C)(=O)=O)c2c(Cl)ccc(-n3c([C@H](Cc4cc(F)cc(F)c4)NC(=O)Cn4nc(C(F)F)c5c4C(F)(F)[C@@H]4C[C@H]54)nc4nc(-c5ncccn5)ccc4c3=O)c21. The van der Waals surface area contributed by atoms with Crippen LogP contribution in [0.4, 0.5) is 32.2 Å². The Morgan fingerprint density at radius 2 is 1.75 bits per heavy atom. The van der Waals surface area contributed by atoms with Gasteiger partial charge in [-0.2, -0.15) is 19.0 Å². The van der Waals surface area contributed by atoms with Gasteiger partial charge in [0.2, 0.25) is 15.9 Å². The van der Waals surface area contributed by atoms with Crippen molar-refractivity contribution in [1.29, 1.82) is 0 Å². The Kier molecular flexibility index (Phi) is 9.42. The predicted octanol–water partition coefficient (Wildman–Crippen LogP) is 5.87. The quantitative estimate of drug-likeness (QED) is 0.149. The van der Waals surface area contributed by atoms with Crippen molar-refractivity contribution in [3.05, 3.63) is 116 Å². The molecule has 0 radical (unpaired) electrons. The van der Waals surface area contributed by atoms with Crippen molar-refractivity contribution in [2.75, 3.05) is 11.0 Å². The minimum absolute atomic E-state index is 0.0123. The first kappa shape index (κ1) is 40.0. The summed E-state index contributed by atoms with van der Waals surface area (Å²) in [4.78, 5) is 46.6. The molecule has 2 aromatic carbocycles. The fraction of sp³-hybridized carbons (Fsp3) is 0.263. The number of fused-ring (bicyclic) bond motifs is 5. The fourth-order valence-corrected chi connectivity index (χ4v) is 8.75. The summed E-state index contributed by atoms with van der Waals surface area (Å²) in [5.74, 6) is -9.05. The number of nitrogens with zero attached hydrogens (tertiary/aromatic N) is 9. The van der Waals surface area contributed by atoms with Crippen molar-refractivity contribution >= 4 is 55.3 Å². The molecule has 23 heteroatoms. The molecule has 0 bridgehead atoms. The molecule has 7 aromatic rings. The summed E-state index contributed by atoms with van der Waals surface area (Å²) in [6.07, 6.45) is 0.0831. The minimum Gasteiger partial charge on any atom is -0.344 e. The third kappa shape index (κ3) is 7.01. The Labute approximate surface area is 344 Å². The number of carbonyl (C=O) groups is 1. The van der Waals surface area contributed by atoms with E-state index in [1.54, 1.807) is 6.07 Å². The number of benzene rings is 2. The Morgan fingerprint density at radius 1 is 1.03 bits per heavy atom. The van der Waals surface area contributed by atoms with Gasteiger partial charge in [-0.3, -0.25) is 28.2 Å². The molecule has 5 aromatic heterocycles. The van der Waals surface area contributed by atoms with E-state index in [1.807, 2.05) is 0 Å². The highest BCUT2D eigenvalue weighted by Gasteiger charge is 2.67. The number of alkyl halides is 4. The fourth-order valence-electron chi connectivity index (χ4n) is 8.02. The molecule has 2 aliphatic rings. The summed E-state index contributed by atoms with van der Waals surface area (Å²) in [7, 11) is -2.48. The maximum Gasteiger partial charge on any atom is 0.293 e. The first-order chi connectivity index (χ1) is 28.9. The molecule has 15 nitrogen and oxygen atoms in total. The Bertz CT molecular complexity index is 3130. The van der Waals surface area contributed by atoms with Crippen molar-refractivity contribution in [2.24, 2.45) is 13.0 Å². The van der Waals surface area contributed by atoms with E-state index in [0.717, 1.165) is 23.0 Å². The zero-order valence-electron chi connectivity index (χ0n) is 31.4. The van der Waals surface area contributed by atoms with E-state index in [-0.39, 0.29) is 73.4 Å². The summed E-state index contributed by atoms with van der Waals surface area (Å²) in [6, 6.07) is 8.13. The van der Waals surface area contributed by atoms with Crippen LogP contribution in [-0.4, -0.2) is 64.6 Å². The first-order valence-corrected chi connectivity index (χ1v) is 20.5. The topological polar surface area (TPSA) is 184 Å². The van der Waals surface area contributed by atoms with Gasteiger partial charge in [0.05, 0.1) is 39.3 Å². The van der Waals surface area contributed by atoms with Gasteiger partial charge in [0.25, 0.3) is 17.9 Å². The second-order valence-electron chi connectivity index (χ2n) is 14.7. The summed E-state index contributed by atoms with van der Waals surface area (Å²) < 4.78 is 118. The standard InChI is InChI=1S/C38H28ClF6N11O4S/c1-54-30-25(7-5-22(39)28(30)35(52-54)53-61(2,59)60)56-36(50-33-19(37(56)58)4-6-23(49-33)34-46-8-3-9-47-34)24(12-16-10-17(40)13-18(41)11-16)48-26(57)15-55-31-27(29(51-55)32(42)43)20-14-21(20)38(31,44)45/h3-11,13,20-21,24,32H,12,14-15H2,1-2H3,(H,48,57)(H,52,53)/t20-,21+,24-/m0/s1. The van der Waals surface area contributed by atoms with Gasteiger partial charge in [-0.25, -0.2) is 45.9 Å². The van der Waals surface area contributed by atoms with E-state index in [2.05, 4.69) is 35.2 Å². The van der Waals surface area contributed by atoms with Gasteiger partial charge in [-0.15, -0.1) is 0 Å². The Balaban J connectivity index is 1.26. The van der Waals surface area contributed by atoms with Gasteiger partial charge in [-0.1, -0.05) is 11.6 Å². The van der Waals surface area contributed by atoms with Crippen LogP contribution in [0, 0.1) is 17.6 Å². The van der Waals surface area contributed by atoms with Crippen molar-refractivity contribution < 1.29 is 39.6 Å². The highest BCUT2D eigenvalue weighted by atomic mass is 35.5. The summed E-state index contributed by atoms with van der Waals surface area (Å²) in [5.41, 5.74) is -2.80. The molecule has 1 fully saturated rings. The normalized spacial score (nSPS) is 17.1. The van der Waals surface area contributed by atoms with Gasteiger partial charge in [0, 0.05) is 43.4 Å². The number of rotatable bonds is 11. The molecule has 0 saturated heterocycles. The number of pyridine rings is 1. The number of carbonyl (C=O) groups excluding carboxylic acids is 1. The Hall–Kier alpha value is -6.42. The molecule has 314 valence electrons. The predicted molar refractivity (Wildman–Crippen MR) is 207 cm³/mol. The smallest absolute Gasteiger partial charge is 0.293 e. The number of hydrogen-bond acceptors (Lipinski definition) is 10. The van der Waals surface area contributed by atoms with E-state index < -0.39 is 87.7 Å². The maximum absolute atomic E-state index is 15.5. The van der Waals surface area contributed by atoms with Gasteiger partial charge < -0.3 is 5.32 Å². The lowest BCUT2D eigenvalue weighted by atomic mass is 10.0. The number of aromatic nitrogens is 9. The summed E-state index contributed by atoms with van der Waals surface area (Å²) in [6.45, 7) is -1.00. The number of anilines is 1. The molecule has 3 atom stereocenters. The van der Waals surface area contributed by atoms with Crippen LogP contribution in [0.5, 0.6) is 0 Å². The third-order valence-corrected chi connectivity index (χ3v) is 11.3. The highest BCUT2D eigenvalue weighted by Crippen LogP contribution is 2.68. The monoisotopic (exact) mass is 883 g/mol. The number of sulfonamides is 1. The Morgan fingerprint density at radius 3 is 2.44 bits per heavy atom. The van der Waals surface area contributed by atoms with Crippen LogP contribution in [0.15, 0.2) is 65.7 Å². The average molecular weight is 884 g/mol. The van der Waals surface area contributed by atoms with Crippen LogP contribution in [0.3, 0.4) is 0 Å². The molecule has 2 N–H and O–H groups in total. The van der Waals surface area contributed by atoms with E-state index >= 15 is 8.78 Å². The van der Waals surface area contributed by atoms with E-state index in [4.69, 9.17) is 16.6 Å². The van der Waals surface area contributed by atoms with Crippen LogP contribution in [-0.2, 0) is 40.8 Å². The van der Waals surface area contributed by atoms with Gasteiger partial charge in [0.15, 0.2) is 17.3 Å². The lowest BCUT2D eigenvalue weighted by Crippen LogP contribution is -2.38. The molecule has 0 aliphatic heterocycles. The van der Waals surface area contributed by atoms with Crippen LogP contribution in [0.2, 0.25) is 5.02 Å².